The molecule has 0 bridgehead atoms. The molecule has 4 N–H and O–H groups in total. The van der Waals surface area contributed by atoms with Gasteiger partial charge in [-0.1, -0.05) is 0 Å². The van der Waals surface area contributed by atoms with Crippen molar-refractivity contribution in [3.05, 3.63) is 42.0 Å². The molecular formula is C13H16N4O. The highest BCUT2D eigenvalue weighted by Gasteiger charge is 2.31. The molecule has 3 heterocycles. The predicted octanol–water partition coefficient (Wildman–Crippen LogP) is 1.90. The van der Waals surface area contributed by atoms with Gasteiger partial charge in [-0.3, -0.25) is 4.79 Å². The lowest BCUT2D eigenvalue weighted by atomic mass is 10.1. The van der Waals surface area contributed by atoms with Crippen molar-refractivity contribution in [2.24, 2.45) is 0 Å². The van der Waals surface area contributed by atoms with Crippen LogP contribution in [0.15, 0.2) is 30.6 Å². The molecule has 1 unspecified atom stereocenters. The number of carbonyl (C=O) groups is 1. The summed E-state index contributed by atoms with van der Waals surface area (Å²) in [7, 11) is 0. The number of rotatable bonds is 2. The highest BCUT2D eigenvalue weighted by Crippen LogP contribution is 2.32. The lowest BCUT2D eigenvalue weighted by molar-refractivity contribution is 0.0728. The summed E-state index contributed by atoms with van der Waals surface area (Å²) in [5.41, 5.74) is 7.89. The second-order valence-electron chi connectivity index (χ2n) is 4.63. The standard InChI is InChI=1S/C13H16N4O/c14-9-7-11(16-8-9)13(18)17-6-2-4-12(17)10-3-1-5-15-10/h1,3,5,7-8,12,15-16H,2,4,6,14H2. The molecule has 94 valence electrons. The summed E-state index contributed by atoms with van der Waals surface area (Å²) in [6, 6.07) is 5.83. The molecule has 3 rings (SSSR count). The molecule has 0 saturated carbocycles. The van der Waals surface area contributed by atoms with Gasteiger partial charge in [0.25, 0.3) is 5.91 Å². The fraction of sp³-hybridized carbons (Fsp3) is 0.308. The van der Waals surface area contributed by atoms with Crippen LogP contribution in [-0.4, -0.2) is 27.3 Å². The minimum absolute atomic E-state index is 0.0174. The van der Waals surface area contributed by atoms with Crippen LogP contribution in [0.25, 0.3) is 0 Å². The summed E-state index contributed by atoms with van der Waals surface area (Å²) in [4.78, 5) is 20.4. The Morgan fingerprint density at radius 3 is 3.00 bits per heavy atom. The average molecular weight is 244 g/mol. The van der Waals surface area contributed by atoms with Crippen LogP contribution in [0.5, 0.6) is 0 Å². The van der Waals surface area contributed by atoms with Gasteiger partial charge in [-0.2, -0.15) is 0 Å². The second-order valence-corrected chi connectivity index (χ2v) is 4.63. The van der Waals surface area contributed by atoms with Gasteiger partial charge in [0.05, 0.1) is 6.04 Å². The van der Waals surface area contributed by atoms with Crippen molar-refractivity contribution in [3.8, 4) is 0 Å². The summed E-state index contributed by atoms with van der Waals surface area (Å²) in [5.74, 6) is 0.0174. The van der Waals surface area contributed by atoms with E-state index in [1.807, 2.05) is 23.2 Å². The first kappa shape index (κ1) is 11.0. The molecule has 0 radical (unpaired) electrons. The van der Waals surface area contributed by atoms with Crippen molar-refractivity contribution in [3.63, 3.8) is 0 Å². The van der Waals surface area contributed by atoms with Crippen molar-refractivity contribution >= 4 is 11.6 Å². The molecule has 1 aliphatic heterocycles. The van der Waals surface area contributed by atoms with E-state index in [2.05, 4.69) is 9.97 Å². The van der Waals surface area contributed by atoms with Gasteiger partial charge in [-0.15, -0.1) is 0 Å². The Morgan fingerprint density at radius 1 is 1.44 bits per heavy atom. The molecule has 5 nitrogen and oxygen atoms in total. The van der Waals surface area contributed by atoms with E-state index in [0.29, 0.717) is 11.4 Å². The van der Waals surface area contributed by atoms with Gasteiger partial charge in [0.2, 0.25) is 0 Å². The number of nitrogens with zero attached hydrogens (tertiary/aromatic N) is 1. The molecule has 1 atom stereocenters. The number of anilines is 1. The number of nitrogens with one attached hydrogen (secondary N) is 2. The Labute approximate surface area is 105 Å². The third-order valence-electron chi connectivity index (χ3n) is 3.43. The smallest absolute Gasteiger partial charge is 0.270 e. The molecule has 0 aromatic carbocycles. The number of likely N-dealkylation sites (tertiary alicyclic amines) is 1. The highest BCUT2D eigenvalue weighted by atomic mass is 16.2. The molecular weight excluding hydrogens is 228 g/mol. The molecule has 2 aromatic heterocycles. The Bertz CT molecular complexity index is 543. The number of amides is 1. The minimum atomic E-state index is 0.0174. The molecule has 1 amide bonds. The third kappa shape index (κ3) is 1.77. The molecule has 1 fully saturated rings. The quantitative estimate of drug-likeness (QED) is 0.754. The fourth-order valence-electron chi connectivity index (χ4n) is 2.57. The zero-order valence-corrected chi connectivity index (χ0v) is 10.0. The lowest BCUT2D eigenvalue weighted by Gasteiger charge is -2.23. The Kier molecular flexibility index (Phi) is 2.59. The maximum atomic E-state index is 12.4. The molecule has 1 saturated heterocycles. The molecule has 5 heteroatoms. The van der Waals surface area contributed by atoms with Crippen LogP contribution < -0.4 is 5.73 Å². The van der Waals surface area contributed by atoms with Crippen molar-refractivity contribution in [2.45, 2.75) is 18.9 Å². The van der Waals surface area contributed by atoms with Gasteiger partial charge < -0.3 is 20.6 Å². The van der Waals surface area contributed by atoms with Gasteiger partial charge in [-0.25, -0.2) is 0 Å². The van der Waals surface area contributed by atoms with Crippen LogP contribution in [0.4, 0.5) is 5.69 Å². The van der Waals surface area contributed by atoms with Crippen LogP contribution in [0.1, 0.15) is 35.1 Å². The SMILES string of the molecule is Nc1c[nH]c(C(=O)N2CCCC2c2ccc[nH]2)c1. The first-order chi connectivity index (χ1) is 8.75. The molecule has 18 heavy (non-hydrogen) atoms. The number of hydrogen-bond donors (Lipinski definition) is 3. The Balaban J connectivity index is 1.85. The summed E-state index contributed by atoms with van der Waals surface area (Å²) in [5, 5.41) is 0. The number of nitrogens with two attached hydrogens (primary N) is 1. The van der Waals surface area contributed by atoms with Crippen molar-refractivity contribution < 1.29 is 4.79 Å². The monoisotopic (exact) mass is 244 g/mol. The van der Waals surface area contributed by atoms with E-state index in [-0.39, 0.29) is 11.9 Å². The number of nitrogen functional groups attached to an aromatic ring is 1. The second kappa shape index (κ2) is 4.25. The predicted molar refractivity (Wildman–Crippen MR) is 69.0 cm³/mol. The van der Waals surface area contributed by atoms with E-state index in [0.717, 1.165) is 25.1 Å². The van der Waals surface area contributed by atoms with Gasteiger partial charge in [-0.05, 0) is 31.0 Å². The number of H-pyrrole nitrogens is 2. The number of aromatic nitrogens is 2. The summed E-state index contributed by atoms with van der Waals surface area (Å²) >= 11 is 0. The molecule has 0 aliphatic carbocycles. The zero-order chi connectivity index (χ0) is 12.5. The van der Waals surface area contributed by atoms with Gasteiger partial charge in [0.15, 0.2) is 0 Å². The summed E-state index contributed by atoms with van der Waals surface area (Å²) < 4.78 is 0. The average Bonchev–Trinajstić information content (AvgIpc) is 3.08. The van der Waals surface area contributed by atoms with E-state index < -0.39 is 0 Å². The first-order valence-corrected chi connectivity index (χ1v) is 6.14. The number of aromatic amines is 2. The van der Waals surface area contributed by atoms with Crippen molar-refractivity contribution in [2.75, 3.05) is 12.3 Å². The maximum absolute atomic E-state index is 12.4. The Morgan fingerprint density at radius 2 is 2.33 bits per heavy atom. The zero-order valence-electron chi connectivity index (χ0n) is 10.0. The van der Waals surface area contributed by atoms with E-state index >= 15 is 0 Å². The fourth-order valence-corrected chi connectivity index (χ4v) is 2.57. The summed E-state index contributed by atoms with van der Waals surface area (Å²) in [6.07, 6.45) is 5.57. The van der Waals surface area contributed by atoms with Crippen LogP contribution in [-0.2, 0) is 0 Å². The van der Waals surface area contributed by atoms with Crippen LogP contribution in [0.3, 0.4) is 0 Å². The van der Waals surface area contributed by atoms with Crippen molar-refractivity contribution in [1.29, 1.82) is 0 Å². The van der Waals surface area contributed by atoms with Crippen LogP contribution in [0, 0.1) is 0 Å². The van der Waals surface area contributed by atoms with E-state index in [4.69, 9.17) is 5.73 Å². The minimum Gasteiger partial charge on any atom is -0.397 e. The van der Waals surface area contributed by atoms with Crippen molar-refractivity contribution in [1.82, 2.24) is 14.9 Å². The lowest BCUT2D eigenvalue weighted by Crippen LogP contribution is -2.30. The summed E-state index contributed by atoms with van der Waals surface area (Å²) in [6.45, 7) is 0.793. The Hall–Kier alpha value is -2.17. The largest absolute Gasteiger partial charge is 0.397 e. The van der Waals surface area contributed by atoms with E-state index in [1.165, 1.54) is 0 Å². The highest BCUT2D eigenvalue weighted by molar-refractivity contribution is 5.93. The molecule has 2 aromatic rings. The number of carbonyl (C=O) groups excluding carboxylic acids is 1. The topological polar surface area (TPSA) is 77.9 Å². The van der Waals surface area contributed by atoms with Crippen LogP contribution >= 0.6 is 0 Å². The first-order valence-electron chi connectivity index (χ1n) is 6.14. The van der Waals surface area contributed by atoms with E-state index in [1.54, 1.807) is 12.3 Å². The van der Waals surface area contributed by atoms with Gasteiger partial charge in [0.1, 0.15) is 5.69 Å². The van der Waals surface area contributed by atoms with Gasteiger partial charge >= 0.3 is 0 Å². The number of hydrogen-bond acceptors (Lipinski definition) is 2. The molecule has 0 spiro atoms. The van der Waals surface area contributed by atoms with Crippen LogP contribution in [0.2, 0.25) is 0 Å². The third-order valence-corrected chi connectivity index (χ3v) is 3.43. The molecule has 1 aliphatic rings. The van der Waals surface area contributed by atoms with Gasteiger partial charge in [0, 0.05) is 30.3 Å². The maximum Gasteiger partial charge on any atom is 0.270 e. The normalized spacial score (nSPS) is 19.3. The van der Waals surface area contributed by atoms with E-state index in [9.17, 15) is 4.79 Å².